The predicted octanol–water partition coefficient (Wildman–Crippen LogP) is 6.55. The number of ether oxygens (including phenoxy) is 1. The van der Waals surface area contributed by atoms with Crippen LogP contribution in [-0.2, 0) is 9.53 Å². The van der Waals surface area contributed by atoms with Gasteiger partial charge in [-0.2, -0.15) is 0 Å². The lowest BCUT2D eigenvalue weighted by atomic mass is 9.94. The Kier molecular flexibility index (Phi) is 4.62. The topological polar surface area (TPSA) is 26.3 Å². The van der Waals surface area contributed by atoms with E-state index in [0.29, 0.717) is 11.3 Å². The quantitative estimate of drug-likeness (QED) is 0.472. The molecule has 0 unspecified atom stereocenters. The lowest BCUT2D eigenvalue weighted by Crippen LogP contribution is -1.98. The zero-order valence-corrected chi connectivity index (χ0v) is 17.4. The first-order valence-electron chi connectivity index (χ1n) is 8.82. The Labute approximate surface area is 167 Å². The van der Waals surface area contributed by atoms with Crippen LogP contribution in [0.25, 0.3) is 17.2 Å². The van der Waals surface area contributed by atoms with Gasteiger partial charge in [0.05, 0.1) is 5.57 Å². The monoisotopic (exact) mass is 392 g/mol. The summed E-state index contributed by atoms with van der Waals surface area (Å²) < 4.78 is 5.79. The highest BCUT2D eigenvalue weighted by atomic mass is 32.1. The summed E-state index contributed by atoms with van der Waals surface area (Å²) in [5, 5.41) is 0. The van der Waals surface area contributed by atoms with E-state index >= 15 is 0 Å². The summed E-state index contributed by atoms with van der Waals surface area (Å²) in [5.74, 6) is 0.363. The van der Waals surface area contributed by atoms with Gasteiger partial charge in [0.1, 0.15) is 5.76 Å². The van der Waals surface area contributed by atoms with Crippen molar-refractivity contribution in [1.82, 2.24) is 0 Å². The number of hydrogen-bond acceptors (Lipinski definition) is 4. The van der Waals surface area contributed by atoms with E-state index in [1.807, 2.05) is 36.4 Å². The van der Waals surface area contributed by atoms with E-state index < -0.39 is 0 Å². The van der Waals surface area contributed by atoms with Gasteiger partial charge >= 0.3 is 5.97 Å². The van der Waals surface area contributed by atoms with Crippen LogP contribution in [0.1, 0.15) is 36.2 Å². The predicted molar refractivity (Wildman–Crippen MR) is 115 cm³/mol. The molecule has 0 atom stereocenters. The van der Waals surface area contributed by atoms with Crippen molar-refractivity contribution in [3.8, 4) is 0 Å². The number of carbonyl (C=O) groups is 1. The third kappa shape index (κ3) is 3.31. The third-order valence-corrected chi connectivity index (χ3v) is 6.55. The maximum atomic E-state index is 12.9. The molecule has 3 aromatic rings. The summed E-state index contributed by atoms with van der Waals surface area (Å²) in [7, 11) is 0. The minimum atomic E-state index is -0.267. The van der Waals surface area contributed by atoms with Gasteiger partial charge in [0.15, 0.2) is 0 Å². The number of esters is 1. The maximum Gasteiger partial charge on any atom is 0.344 e. The lowest BCUT2D eigenvalue weighted by molar-refractivity contribution is -0.131. The number of rotatable bonds is 3. The van der Waals surface area contributed by atoms with Crippen LogP contribution in [-0.4, -0.2) is 5.97 Å². The van der Waals surface area contributed by atoms with Crippen LogP contribution >= 0.6 is 22.7 Å². The zero-order valence-electron chi connectivity index (χ0n) is 15.8. The molecule has 27 heavy (non-hydrogen) atoms. The first-order valence-corrected chi connectivity index (χ1v) is 10.5. The Balaban J connectivity index is 1.99. The highest BCUT2D eigenvalue weighted by Gasteiger charge is 2.34. The summed E-state index contributed by atoms with van der Waals surface area (Å²) in [6.45, 7) is 8.34. The Morgan fingerprint density at radius 3 is 1.89 bits per heavy atom. The van der Waals surface area contributed by atoms with Crippen molar-refractivity contribution < 1.29 is 9.53 Å². The number of hydrogen-bond donors (Lipinski definition) is 0. The highest BCUT2D eigenvalue weighted by Crippen LogP contribution is 2.45. The number of carbonyl (C=O) groups excluding carboxylic acids is 1. The molecule has 136 valence electrons. The summed E-state index contributed by atoms with van der Waals surface area (Å²) in [5.41, 5.74) is 4.68. The van der Waals surface area contributed by atoms with Crippen molar-refractivity contribution in [3.63, 3.8) is 0 Å². The number of allylic oxidation sites excluding steroid dienone is 1. The number of cyclic esters (lactones) is 1. The molecule has 1 aromatic carbocycles. The molecule has 0 radical (unpaired) electrons. The van der Waals surface area contributed by atoms with Crippen LogP contribution in [0.15, 0.2) is 48.2 Å². The Morgan fingerprint density at radius 2 is 1.37 bits per heavy atom. The zero-order chi connectivity index (χ0) is 19.1. The highest BCUT2D eigenvalue weighted by molar-refractivity contribution is 7.12. The number of benzene rings is 1. The van der Waals surface area contributed by atoms with Crippen LogP contribution in [0.5, 0.6) is 0 Å². The van der Waals surface area contributed by atoms with E-state index in [9.17, 15) is 4.79 Å². The van der Waals surface area contributed by atoms with E-state index in [1.165, 1.54) is 14.6 Å². The molecule has 1 aliphatic rings. The molecule has 4 rings (SSSR count). The largest absolute Gasteiger partial charge is 0.422 e. The van der Waals surface area contributed by atoms with E-state index in [0.717, 1.165) is 27.1 Å². The minimum absolute atomic E-state index is 0.267. The fourth-order valence-corrected chi connectivity index (χ4v) is 5.36. The summed E-state index contributed by atoms with van der Waals surface area (Å²) in [6, 6.07) is 14.2. The van der Waals surface area contributed by atoms with Crippen molar-refractivity contribution in [2.24, 2.45) is 0 Å². The third-order valence-electron chi connectivity index (χ3n) is 4.62. The van der Waals surface area contributed by atoms with Crippen molar-refractivity contribution in [2.75, 3.05) is 0 Å². The molecule has 1 aliphatic heterocycles. The van der Waals surface area contributed by atoms with Crippen molar-refractivity contribution in [1.29, 1.82) is 0 Å². The molecular weight excluding hydrogens is 372 g/mol. The Morgan fingerprint density at radius 1 is 0.815 bits per heavy atom. The number of aryl methyl sites for hydroxylation is 4. The molecule has 0 amide bonds. The van der Waals surface area contributed by atoms with Gasteiger partial charge in [-0.25, -0.2) is 4.79 Å². The van der Waals surface area contributed by atoms with Gasteiger partial charge in [0, 0.05) is 36.2 Å². The van der Waals surface area contributed by atoms with Gasteiger partial charge in [-0.15, -0.1) is 22.7 Å². The molecule has 3 heterocycles. The second-order valence-electron chi connectivity index (χ2n) is 6.71. The molecule has 0 spiro atoms. The van der Waals surface area contributed by atoms with Gasteiger partial charge < -0.3 is 4.74 Å². The summed E-state index contributed by atoms with van der Waals surface area (Å²) >= 11 is 3.46. The lowest BCUT2D eigenvalue weighted by Gasteiger charge is -2.06. The van der Waals surface area contributed by atoms with Crippen LogP contribution in [0, 0.1) is 27.7 Å². The first-order chi connectivity index (χ1) is 12.9. The van der Waals surface area contributed by atoms with Gasteiger partial charge in [-0.3, -0.25) is 0 Å². The molecule has 0 saturated heterocycles. The minimum Gasteiger partial charge on any atom is -0.422 e. The van der Waals surface area contributed by atoms with Crippen molar-refractivity contribution in [3.05, 3.63) is 84.4 Å². The van der Waals surface area contributed by atoms with Crippen molar-refractivity contribution >= 4 is 45.9 Å². The molecule has 0 saturated carbocycles. The summed E-state index contributed by atoms with van der Waals surface area (Å²) in [4.78, 5) is 17.7. The fraction of sp³-hybridized carbons (Fsp3) is 0.174. The van der Waals surface area contributed by atoms with E-state index in [-0.39, 0.29) is 5.97 Å². The molecule has 0 bridgehead atoms. The number of thiophene rings is 2. The molecular formula is C23H20O2S2. The molecule has 0 aliphatic carbocycles. The second-order valence-corrected chi connectivity index (χ2v) is 9.63. The Bertz CT molecular complexity index is 1090. The first kappa shape index (κ1) is 18.0. The fourth-order valence-electron chi connectivity index (χ4n) is 3.50. The maximum absolute atomic E-state index is 12.9. The van der Waals surface area contributed by atoms with Gasteiger partial charge in [0.25, 0.3) is 0 Å². The van der Waals surface area contributed by atoms with E-state index in [2.05, 4.69) is 39.8 Å². The van der Waals surface area contributed by atoms with Crippen molar-refractivity contribution in [2.45, 2.75) is 27.7 Å². The molecule has 2 aromatic heterocycles. The average Bonchev–Trinajstić information content (AvgIpc) is 3.23. The normalized spacial score (nSPS) is 15.7. The SMILES string of the molecule is Cc1cc(C2=C(c3cc(C)sc3C)/C(=C/c3ccccc3)OC2=O)c(C)s1. The smallest absolute Gasteiger partial charge is 0.344 e. The van der Waals surface area contributed by atoms with Crippen LogP contribution < -0.4 is 0 Å². The average molecular weight is 393 g/mol. The molecule has 0 N–H and O–H groups in total. The van der Waals surface area contributed by atoms with E-state index in [4.69, 9.17) is 4.74 Å². The molecule has 4 heteroatoms. The van der Waals surface area contributed by atoms with Crippen LogP contribution in [0.4, 0.5) is 0 Å². The van der Waals surface area contributed by atoms with Gasteiger partial charge in [0.2, 0.25) is 0 Å². The van der Waals surface area contributed by atoms with Crippen LogP contribution in [0.3, 0.4) is 0 Å². The van der Waals surface area contributed by atoms with E-state index in [1.54, 1.807) is 22.7 Å². The Hall–Kier alpha value is -2.43. The molecule has 0 fully saturated rings. The summed E-state index contributed by atoms with van der Waals surface area (Å²) in [6.07, 6.45) is 1.96. The van der Waals surface area contributed by atoms with Gasteiger partial charge in [-0.1, -0.05) is 30.3 Å². The molecule has 2 nitrogen and oxygen atoms in total. The standard InChI is InChI=1S/C23H20O2S2/c1-13-10-18(15(3)26-13)21-20(12-17-8-6-5-7-9-17)25-23(24)22(21)19-11-14(2)27-16(19)4/h5-12H,1-4H3/b20-12-. The second kappa shape index (κ2) is 6.95. The van der Waals surface area contributed by atoms with Gasteiger partial charge in [-0.05, 0) is 51.5 Å². The van der Waals surface area contributed by atoms with Crippen LogP contribution in [0.2, 0.25) is 0 Å².